The molecular formula is C11H14FN3O2. The number of rotatable bonds is 1. The van der Waals surface area contributed by atoms with E-state index in [0.29, 0.717) is 37.6 Å². The lowest BCUT2D eigenvalue weighted by Crippen LogP contribution is -2.48. The second kappa shape index (κ2) is 4.48. The molecular weight excluding hydrogens is 225 g/mol. The zero-order chi connectivity index (χ0) is 12.4. The summed E-state index contributed by atoms with van der Waals surface area (Å²) >= 11 is 0. The van der Waals surface area contributed by atoms with E-state index in [0.717, 1.165) is 0 Å². The van der Waals surface area contributed by atoms with Gasteiger partial charge in [0.15, 0.2) is 0 Å². The molecule has 1 saturated heterocycles. The Labute approximate surface area is 98.2 Å². The van der Waals surface area contributed by atoms with Gasteiger partial charge in [0.2, 0.25) is 0 Å². The largest absolute Gasteiger partial charge is 0.465 e. The number of nitrogens with zero attached hydrogens (tertiary/aromatic N) is 2. The summed E-state index contributed by atoms with van der Waals surface area (Å²) in [7, 11) is 0. The van der Waals surface area contributed by atoms with Gasteiger partial charge in [0.25, 0.3) is 0 Å². The third-order valence-electron chi connectivity index (χ3n) is 2.86. The van der Waals surface area contributed by atoms with Crippen LogP contribution in [0.3, 0.4) is 0 Å². The lowest BCUT2D eigenvalue weighted by molar-refractivity contribution is 0.142. The SMILES string of the molecule is Nc1ccc(N2CCN(C(=O)O)CC2)c(F)c1. The molecule has 1 aliphatic rings. The number of piperazine rings is 1. The number of hydrogen-bond donors (Lipinski definition) is 2. The maximum absolute atomic E-state index is 13.6. The van der Waals surface area contributed by atoms with Gasteiger partial charge >= 0.3 is 6.09 Å². The van der Waals surface area contributed by atoms with Crippen LogP contribution in [0.4, 0.5) is 20.6 Å². The second-order valence-electron chi connectivity index (χ2n) is 3.97. The first-order chi connectivity index (χ1) is 8.08. The summed E-state index contributed by atoms with van der Waals surface area (Å²) in [4.78, 5) is 13.9. The zero-order valence-corrected chi connectivity index (χ0v) is 9.27. The van der Waals surface area contributed by atoms with Gasteiger partial charge < -0.3 is 20.6 Å². The van der Waals surface area contributed by atoms with Crippen LogP contribution >= 0.6 is 0 Å². The van der Waals surface area contributed by atoms with Gasteiger partial charge in [0, 0.05) is 31.9 Å². The predicted octanol–water partition coefficient (Wildman–Crippen LogP) is 1.21. The van der Waals surface area contributed by atoms with Crippen LogP contribution in [0.1, 0.15) is 0 Å². The van der Waals surface area contributed by atoms with Crippen LogP contribution in [0, 0.1) is 5.82 Å². The lowest BCUT2D eigenvalue weighted by atomic mass is 10.2. The van der Waals surface area contributed by atoms with Crippen molar-refractivity contribution in [2.45, 2.75) is 0 Å². The molecule has 0 atom stereocenters. The maximum atomic E-state index is 13.6. The van der Waals surface area contributed by atoms with Crippen molar-refractivity contribution < 1.29 is 14.3 Å². The second-order valence-corrected chi connectivity index (χ2v) is 3.97. The van der Waals surface area contributed by atoms with Gasteiger partial charge in [-0.05, 0) is 18.2 Å². The molecule has 2 rings (SSSR count). The normalized spacial score (nSPS) is 16.1. The van der Waals surface area contributed by atoms with Crippen molar-refractivity contribution in [3.8, 4) is 0 Å². The minimum Gasteiger partial charge on any atom is -0.465 e. The summed E-state index contributed by atoms with van der Waals surface area (Å²) in [6, 6.07) is 4.54. The minimum atomic E-state index is -0.928. The fraction of sp³-hybridized carbons (Fsp3) is 0.364. The van der Waals surface area contributed by atoms with Gasteiger partial charge in [-0.15, -0.1) is 0 Å². The first-order valence-corrected chi connectivity index (χ1v) is 5.36. The number of hydrogen-bond acceptors (Lipinski definition) is 3. The Bertz CT molecular complexity index is 431. The molecule has 0 radical (unpaired) electrons. The van der Waals surface area contributed by atoms with Crippen molar-refractivity contribution in [3.63, 3.8) is 0 Å². The monoisotopic (exact) mass is 239 g/mol. The van der Waals surface area contributed by atoms with Crippen LogP contribution in [0.5, 0.6) is 0 Å². The third-order valence-corrected chi connectivity index (χ3v) is 2.86. The highest BCUT2D eigenvalue weighted by molar-refractivity contribution is 5.65. The highest BCUT2D eigenvalue weighted by atomic mass is 19.1. The maximum Gasteiger partial charge on any atom is 0.407 e. The molecule has 3 N–H and O–H groups in total. The molecule has 1 amide bonds. The van der Waals surface area contributed by atoms with Gasteiger partial charge in [0.05, 0.1) is 5.69 Å². The number of anilines is 2. The Kier molecular flexibility index (Phi) is 3.03. The van der Waals surface area contributed by atoms with E-state index >= 15 is 0 Å². The van der Waals surface area contributed by atoms with E-state index in [-0.39, 0.29) is 5.82 Å². The van der Waals surface area contributed by atoms with Gasteiger partial charge in [0.1, 0.15) is 5.82 Å². The van der Waals surface area contributed by atoms with E-state index in [1.54, 1.807) is 12.1 Å². The molecule has 0 aromatic heterocycles. The summed E-state index contributed by atoms with van der Waals surface area (Å²) in [6.45, 7) is 1.76. The molecule has 1 aromatic carbocycles. The number of halogens is 1. The molecule has 1 aliphatic heterocycles. The Morgan fingerprint density at radius 2 is 1.94 bits per heavy atom. The van der Waals surface area contributed by atoms with Gasteiger partial charge in [-0.1, -0.05) is 0 Å². The smallest absolute Gasteiger partial charge is 0.407 e. The summed E-state index contributed by atoms with van der Waals surface area (Å²) in [5.74, 6) is -0.367. The molecule has 1 aromatic rings. The number of benzene rings is 1. The fourth-order valence-electron chi connectivity index (χ4n) is 1.92. The van der Waals surface area contributed by atoms with Crippen molar-refractivity contribution in [3.05, 3.63) is 24.0 Å². The van der Waals surface area contributed by atoms with Crippen molar-refractivity contribution in [1.29, 1.82) is 0 Å². The molecule has 0 unspecified atom stereocenters. The van der Waals surface area contributed by atoms with Crippen LogP contribution < -0.4 is 10.6 Å². The van der Waals surface area contributed by atoms with E-state index in [4.69, 9.17) is 10.8 Å². The first kappa shape index (κ1) is 11.5. The van der Waals surface area contributed by atoms with Crippen molar-refractivity contribution in [2.75, 3.05) is 36.8 Å². The van der Waals surface area contributed by atoms with Crippen LogP contribution in [-0.4, -0.2) is 42.3 Å². The zero-order valence-electron chi connectivity index (χ0n) is 9.27. The first-order valence-electron chi connectivity index (χ1n) is 5.36. The van der Waals surface area contributed by atoms with Crippen LogP contribution in [-0.2, 0) is 0 Å². The van der Waals surface area contributed by atoms with E-state index < -0.39 is 6.09 Å². The van der Waals surface area contributed by atoms with Crippen molar-refractivity contribution >= 4 is 17.5 Å². The predicted molar refractivity (Wildman–Crippen MR) is 62.6 cm³/mol. The average molecular weight is 239 g/mol. The van der Waals surface area contributed by atoms with Crippen molar-refractivity contribution in [2.24, 2.45) is 0 Å². The van der Waals surface area contributed by atoms with E-state index in [2.05, 4.69) is 0 Å². The van der Waals surface area contributed by atoms with E-state index in [1.165, 1.54) is 11.0 Å². The summed E-state index contributed by atoms with van der Waals surface area (Å²) in [5, 5.41) is 8.80. The Morgan fingerprint density at radius 3 is 2.47 bits per heavy atom. The molecule has 0 bridgehead atoms. The van der Waals surface area contributed by atoms with Gasteiger partial charge in [-0.25, -0.2) is 9.18 Å². The number of amides is 1. The van der Waals surface area contributed by atoms with E-state index in [9.17, 15) is 9.18 Å². The van der Waals surface area contributed by atoms with Gasteiger partial charge in [-0.2, -0.15) is 0 Å². The third kappa shape index (κ3) is 2.41. The number of nitrogens with two attached hydrogens (primary N) is 1. The molecule has 5 nitrogen and oxygen atoms in total. The van der Waals surface area contributed by atoms with Gasteiger partial charge in [-0.3, -0.25) is 0 Å². The molecule has 0 saturated carbocycles. The standard InChI is InChI=1S/C11H14FN3O2/c12-9-7-8(13)1-2-10(9)14-3-5-15(6-4-14)11(16)17/h1-2,7H,3-6,13H2,(H,16,17). The summed E-state index contributed by atoms with van der Waals surface area (Å²) in [5.41, 5.74) is 6.34. The Balaban J connectivity index is 2.08. The molecule has 0 spiro atoms. The van der Waals surface area contributed by atoms with Crippen LogP contribution in [0.2, 0.25) is 0 Å². The van der Waals surface area contributed by atoms with Crippen molar-refractivity contribution in [1.82, 2.24) is 4.90 Å². The highest BCUT2D eigenvalue weighted by Crippen LogP contribution is 2.22. The fourth-order valence-corrected chi connectivity index (χ4v) is 1.92. The molecule has 1 fully saturated rings. The molecule has 92 valence electrons. The summed E-state index contributed by atoms with van der Waals surface area (Å²) < 4.78 is 13.6. The van der Waals surface area contributed by atoms with Crippen LogP contribution in [0.25, 0.3) is 0 Å². The number of carbonyl (C=O) groups is 1. The molecule has 6 heteroatoms. The molecule has 1 heterocycles. The quantitative estimate of drug-likeness (QED) is 0.723. The van der Waals surface area contributed by atoms with E-state index in [1.807, 2.05) is 4.90 Å². The van der Waals surface area contributed by atoms with Crippen LogP contribution in [0.15, 0.2) is 18.2 Å². The highest BCUT2D eigenvalue weighted by Gasteiger charge is 2.22. The minimum absolute atomic E-state index is 0.367. The topological polar surface area (TPSA) is 69.8 Å². The lowest BCUT2D eigenvalue weighted by Gasteiger charge is -2.34. The molecule has 0 aliphatic carbocycles. The average Bonchev–Trinajstić information content (AvgIpc) is 2.29. The number of nitrogen functional groups attached to an aromatic ring is 1. The number of carboxylic acid groups (broad SMARTS) is 1. The summed E-state index contributed by atoms with van der Waals surface area (Å²) in [6.07, 6.45) is -0.928. The Morgan fingerprint density at radius 1 is 1.29 bits per heavy atom. The molecule has 17 heavy (non-hydrogen) atoms. The Hall–Kier alpha value is -1.98.